The van der Waals surface area contributed by atoms with Gasteiger partial charge in [-0.3, -0.25) is 14.6 Å². The average Bonchev–Trinajstić information content (AvgIpc) is 2.96. The first-order valence-electron chi connectivity index (χ1n) is 9.95. The molecule has 142 valence electrons. The molecule has 1 aromatic rings. The smallest absolute Gasteiger partial charge is 0.255 e. The first-order valence-corrected chi connectivity index (χ1v) is 9.95. The van der Waals surface area contributed by atoms with Gasteiger partial charge in [-0.25, -0.2) is 0 Å². The Balaban J connectivity index is 1.62. The van der Waals surface area contributed by atoms with Crippen LogP contribution in [0.4, 0.5) is 0 Å². The van der Waals surface area contributed by atoms with E-state index in [1.165, 1.54) is 25.7 Å². The molecule has 2 aliphatic rings. The summed E-state index contributed by atoms with van der Waals surface area (Å²) in [4.78, 5) is 33.7. The molecule has 1 aliphatic heterocycles. The summed E-state index contributed by atoms with van der Waals surface area (Å²) in [6.07, 6.45) is 10.1. The summed E-state index contributed by atoms with van der Waals surface area (Å²) >= 11 is 0. The molecule has 0 aromatic carbocycles. The minimum Gasteiger partial charge on any atom is -0.349 e. The Hall–Kier alpha value is -1.95. The highest BCUT2D eigenvalue weighted by Crippen LogP contribution is 2.18. The highest BCUT2D eigenvalue weighted by atomic mass is 16.2. The van der Waals surface area contributed by atoms with Gasteiger partial charge in [0.1, 0.15) is 0 Å². The zero-order valence-corrected chi connectivity index (χ0v) is 15.7. The molecule has 1 saturated carbocycles. The quantitative estimate of drug-likeness (QED) is 0.839. The molecule has 26 heavy (non-hydrogen) atoms. The lowest BCUT2D eigenvalue weighted by Gasteiger charge is -2.34. The zero-order chi connectivity index (χ0) is 18.4. The molecule has 2 heterocycles. The van der Waals surface area contributed by atoms with Crippen molar-refractivity contribution in [3.8, 4) is 0 Å². The number of piperazine rings is 1. The third-order valence-corrected chi connectivity index (χ3v) is 5.54. The monoisotopic (exact) mass is 358 g/mol. The lowest BCUT2D eigenvalue weighted by Crippen LogP contribution is -2.48. The van der Waals surface area contributed by atoms with E-state index in [9.17, 15) is 9.59 Å². The van der Waals surface area contributed by atoms with E-state index in [1.807, 2.05) is 4.90 Å². The molecule has 1 N–H and O–H groups in total. The van der Waals surface area contributed by atoms with E-state index in [2.05, 4.69) is 22.1 Å². The normalized spacial score (nSPS) is 19.8. The highest BCUT2D eigenvalue weighted by Gasteiger charge is 2.23. The van der Waals surface area contributed by atoms with Gasteiger partial charge in [0.05, 0.1) is 11.1 Å². The van der Waals surface area contributed by atoms with E-state index in [4.69, 9.17) is 0 Å². The summed E-state index contributed by atoms with van der Waals surface area (Å²) in [5.74, 6) is -0.146. The first-order chi connectivity index (χ1) is 12.7. The number of aromatic nitrogens is 1. The fraction of sp³-hybridized carbons (Fsp3) is 0.650. The number of hydrogen-bond acceptors (Lipinski definition) is 4. The lowest BCUT2D eigenvalue weighted by atomic mass is 10.1. The fourth-order valence-corrected chi connectivity index (χ4v) is 3.82. The second kappa shape index (κ2) is 9.12. The van der Waals surface area contributed by atoms with Crippen LogP contribution in [-0.2, 0) is 0 Å². The summed E-state index contributed by atoms with van der Waals surface area (Å²) in [6.45, 7) is 6.41. The Labute approximate surface area is 156 Å². The van der Waals surface area contributed by atoms with Crippen molar-refractivity contribution in [1.29, 1.82) is 0 Å². The van der Waals surface area contributed by atoms with Gasteiger partial charge in [-0.15, -0.1) is 0 Å². The van der Waals surface area contributed by atoms with Crippen molar-refractivity contribution in [2.75, 3.05) is 32.7 Å². The van der Waals surface area contributed by atoms with Gasteiger partial charge in [0, 0.05) is 44.6 Å². The van der Waals surface area contributed by atoms with Gasteiger partial charge >= 0.3 is 0 Å². The maximum absolute atomic E-state index is 12.7. The lowest BCUT2D eigenvalue weighted by molar-refractivity contribution is 0.0643. The van der Waals surface area contributed by atoms with Gasteiger partial charge < -0.3 is 15.1 Å². The molecule has 1 saturated heterocycles. The van der Waals surface area contributed by atoms with E-state index in [1.54, 1.807) is 18.5 Å². The summed E-state index contributed by atoms with van der Waals surface area (Å²) in [5, 5.41) is 3.12. The Morgan fingerprint density at radius 2 is 1.69 bits per heavy atom. The van der Waals surface area contributed by atoms with Crippen LogP contribution >= 0.6 is 0 Å². The standard InChI is InChI=1S/C20H30N4O2/c1-2-23-9-11-24(12-10-23)20(26)17-13-16(14-21-15-17)19(25)22-18-7-5-3-4-6-8-18/h13-15,18H,2-12H2,1H3,(H,22,25). The molecule has 6 heteroatoms. The van der Waals surface area contributed by atoms with Crippen LogP contribution < -0.4 is 5.32 Å². The minimum atomic E-state index is -0.116. The maximum atomic E-state index is 12.7. The fourth-order valence-electron chi connectivity index (χ4n) is 3.82. The Morgan fingerprint density at radius 1 is 1.04 bits per heavy atom. The topological polar surface area (TPSA) is 65.5 Å². The minimum absolute atomic E-state index is 0.0302. The summed E-state index contributed by atoms with van der Waals surface area (Å²) in [7, 11) is 0. The molecule has 2 amide bonds. The van der Waals surface area contributed by atoms with E-state index in [-0.39, 0.29) is 17.9 Å². The number of rotatable bonds is 4. The van der Waals surface area contributed by atoms with Crippen molar-refractivity contribution in [2.45, 2.75) is 51.5 Å². The van der Waals surface area contributed by atoms with Crippen LogP contribution in [0.1, 0.15) is 66.2 Å². The third-order valence-electron chi connectivity index (χ3n) is 5.54. The number of pyridine rings is 1. The van der Waals surface area contributed by atoms with Crippen LogP contribution in [0.25, 0.3) is 0 Å². The Morgan fingerprint density at radius 3 is 2.35 bits per heavy atom. The molecule has 3 rings (SSSR count). The first kappa shape index (κ1) is 18.8. The van der Waals surface area contributed by atoms with Crippen molar-refractivity contribution in [2.24, 2.45) is 0 Å². The number of amides is 2. The highest BCUT2D eigenvalue weighted by molar-refractivity contribution is 5.99. The predicted molar refractivity (Wildman–Crippen MR) is 101 cm³/mol. The van der Waals surface area contributed by atoms with Crippen LogP contribution in [0.5, 0.6) is 0 Å². The molecular formula is C20H30N4O2. The Kier molecular flexibility index (Phi) is 6.61. The molecule has 1 aliphatic carbocycles. The summed E-state index contributed by atoms with van der Waals surface area (Å²) < 4.78 is 0. The van der Waals surface area contributed by atoms with Crippen LogP contribution in [-0.4, -0.2) is 65.4 Å². The van der Waals surface area contributed by atoms with Crippen LogP contribution in [0.15, 0.2) is 18.5 Å². The van der Waals surface area contributed by atoms with E-state index >= 15 is 0 Å². The second-order valence-corrected chi connectivity index (χ2v) is 7.35. The van der Waals surface area contributed by atoms with Crippen molar-refractivity contribution in [3.63, 3.8) is 0 Å². The number of carbonyl (C=O) groups is 2. The van der Waals surface area contributed by atoms with Gasteiger partial charge in [-0.2, -0.15) is 0 Å². The van der Waals surface area contributed by atoms with Gasteiger partial charge in [0.2, 0.25) is 0 Å². The largest absolute Gasteiger partial charge is 0.349 e. The van der Waals surface area contributed by atoms with Crippen LogP contribution in [0, 0.1) is 0 Å². The number of nitrogens with zero attached hydrogens (tertiary/aromatic N) is 3. The SMILES string of the molecule is CCN1CCN(C(=O)c2cncc(C(=O)NC3CCCCCC3)c2)CC1. The molecule has 0 atom stereocenters. The Bertz CT molecular complexity index is 618. The van der Waals surface area contributed by atoms with Crippen molar-refractivity contribution in [3.05, 3.63) is 29.6 Å². The van der Waals surface area contributed by atoms with E-state index in [0.29, 0.717) is 11.1 Å². The second-order valence-electron chi connectivity index (χ2n) is 7.35. The molecule has 0 bridgehead atoms. The molecular weight excluding hydrogens is 328 g/mol. The van der Waals surface area contributed by atoms with E-state index in [0.717, 1.165) is 45.6 Å². The zero-order valence-electron chi connectivity index (χ0n) is 15.7. The maximum Gasteiger partial charge on any atom is 0.255 e. The van der Waals surface area contributed by atoms with Crippen molar-refractivity contribution < 1.29 is 9.59 Å². The molecule has 1 aromatic heterocycles. The number of carbonyl (C=O) groups excluding carboxylic acids is 2. The molecule has 0 spiro atoms. The van der Waals surface area contributed by atoms with Gasteiger partial charge in [-0.1, -0.05) is 32.6 Å². The molecule has 2 fully saturated rings. The van der Waals surface area contributed by atoms with Crippen LogP contribution in [0.3, 0.4) is 0 Å². The van der Waals surface area contributed by atoms with Gasteiger partial charge in [0.25, 0.3) is 11.8 Å². The number of hydrogen-bond donors (Lipinski definition) is 1. The average molecular weight is 358 g/mol. The predicted octanol–water partition coefficient (Wildman–Crippen LogP) is 2.31. The molecule has 0 unspecified atom stereocenters. The number of nitrogens with one attached hydrogen (secondary N) is 1. The van der Waals surface area contributed by atoms with Gasteiger partial charge in [-0.05, 0) is 25.5 Å². The van der Waals surface area contributed by atoms with Crippen molar-refractivity contribution >= 4 is 11.8 Å². The summed E-state index contributed by atoms with van der Waals surface area (Å²) in [6, 6.07) is 1.93. The van der Waals surface area contributed by atoms with Crippen molar-refractivity contribution in [1.82, 2.24) is 20.1 Å². The van der Waals surface area contributed by atoms with E-state index < -0.39 is 0 Å². The van der Waals surface area contributed by atoms with Gasteiger partial charge in [0.15, 0.2) is 0 Å². The number of likely N-dealkylation sites (N-methyl/N-ethyl adjacent to an activating group) is 1. The summed E-state index contributed by atoms with van der Waals surface area (Å²) in [5.41, 5.74) is 0.982. The molecule has 0 radical (unpaired) electrons. The molecule has 6 nitrogen and oxygen atoms in total. The third kappa shape index (κ3) is 4.81. The van der Waals surface area contributed by atoms with Crippen LogP contribution in [0.2, 0.25) is 0 Å².